The lowest BCUT2D eigenvalue weighted by molar-refractivity contribution is -0.144. The number of esters is 2. The molecule has 0 radical (unpaired) electrons. The zero-order chi connectivity index (χ0) is 21.8. The van der Waals surface area contributed by atoms with E-state index in [2.05, 4.69) is 28.8 Å². The second-order valence-corrected chi connectivity index (χ2v) is 7.40. The number of fused-ring (bicyclic) bond motifs is 1. The van der Waals surface area contributed by atoms with Crippen LogP contribution in [0.1, 0.15) is 49.8 Å². The number of hydrogen-bond donors (Lipinski definition) is 0. The molecule has 0 aliphatic carbocycles. The van der Waals surface area contributed by atoms with Crippen LogP contribution in [0.25, 0.3) is 22.4 Å². The number of nitrogens with zero attached hydrogens (tertiary/aromatic N) is 4. The second kappa shape index (κ2) is 9.02. The Hall–Kier alpha value is -3.29. The Morgan fingerprint density at radius 2 is 1.87 bits per heavy atom. The van der Waals surface area contributed by atoms with Gasteiger partial charge < -0.3 is 14.0 Å². The molecule has 158 valence electrons. The van der Waals surface area contributed by atoms with Gasteiger partial charge in [-0.15, -0.1) is 0 Å². The Morgan fingerprint density at radius 1 is 1.10 bits per heavy atom. The van der Waals surface area contributed by atoms with Crippen LogP contribution >= 0.6 is 0 Å². The highest BCUT2D eigenvalue weighted by Gasteiger charge is 2.25. The monoisotopic (exact) mass is 410 g/mol. The molecule has 2 heterocycles. The Morgan fingerprint density at radius 3 is 2.53 bits per heavy atom. The fraction of sp³-hybridized carbons (Fsp3) is 0.409. The van der Waals surface area contributed by atoms with Crippen molar-refractivity contribution in [1.29, 1.82) is 0 Å². The van der Waals surface area contributed by atoms with Gasteiger partial charge in [-0.1, -0.05) is 12.1 Å². The van der Waals surface area contributed by atoms with Gasteiger partial charge in [0.2, 0.25) is 0 Å². The number of ether oxygens (including phenoxy) is 2. The van der Waals surface area contributed by atoms with Crippen LogP contribution in [0, 0.1) is 6.92 Å². The van der Waals surface area contributed by atoms with Gasteiger partial charge in [-0.25, -0.2) is 15.0 Å². The van der Waals surface area contributed by atoms with E-state index in [4.69, 9.17) is 9.47 Å². The van der Waals surface area contributed by atoms with E-state index >= 15 is 0 Å². The SMILES string of the molecule is COC(=O)CCC(C(=O)OC)c1cc(-c2ncnc3c2ncn3C(C)C)ccc1C. The van der Waals surface area contributed by atoms with E-state index in [9.17, 15) is 9.59 Å². The molecule has 1 aromatic carbocycles. The van der Waals surface area contributed by atoms with Crippen LogP contribution in [-0.4, -0.2) is 45.7 Å². The molecule has 0 amide bonds. The van der Waals surface area contributed by atoms with Gasteiger partial charge in [-0.05, 0) is 44.4 Å². The molecule has 1 atom stereocenters. The van der Waals surface area contributed by atoms with Crippen LogP contribution in [0.15, 0.2) is 30.9 Å². The van der Waals surface area contributed by atoms with Crippen molar-refractivity contribution in [2.24, 2.45) is 0 Å². The van der Waals surface area contributed by atoms with Crippen LogP contribution in [0.5, 0.6) is 0 Å². The molecule has 8 heteroatoms. The third-order valence-corrected chi connectivity index (χ3v) is 5.19. The Bertz CT molecular complexity index is 1070. The normalized spacial score (nSPS) is 12.2. The number of methoxy groups -OCH3 is 2. The zero-order valence-corrected chi connectivity index (χ0v) is 17.9. The van der Waals surface area contributed by atoms with E-state index in [1.54, 1.807) is 6.33 Å². The molecule has 2 aromatic heterocycles. The minimum Gasteiger partial charge on any atom is -0.469 e. The quantitative estimate of drug-likeness (QED) is 0.549. The maximum absolute atomic E-state index is 12.5. The topological polar surface area (TPSA) is 96.2 Å². The molecule has 8 nitrogen and oxygen atoms in total. The highest BCUT2D eigenvalue weighted by atomic mass is 16.5. The van der Waals surface area contributed by atoms with Crippen LogP contribution < -0.4 is 0 Å². The number of rotatable bonds is 7. The second-order valence-electron chi connectivity index (χ2n) is 7.40. The van der Waals surface area contributed by atoms with Crippen molar-refractivity contribution in [2.75, 3.05) is 14.2 Å². The first-order valence-electron chi connectivity index (χ1n) is 9.80. The summed E-state index contributed by atoms with van der Waals surface area (Å²) in [6.07, 6.45) is 3.70. The van der Waals surface area contributed by atoms with Crippen molar-refractivity contribution in [2.45, 2.75) is 45.6 Å². The van der Waals surface area contributed by atoms with Crippen LogP contribution in [0.2, 0.25) is 0 Å². The van der Waals surface area contributed by atoms with Crippen LogP contribution in [-0.2, 0) is 19.1 Å². The lowest BCUT2D eigenvalue weighted by Crippen LogP contribution is -2.17. The molecule has 0 aliphatic rings. The number of carbonyl (C=O) groups excluding carboxylic acids is 2. The van der Waals surface area contributed by atoms with Gasteiger partial charge in [0, 0.05) is 18.0 Å². The van der Waals surface area contributed by atoms with Crippen molar-refractivity contribution in [1.82, 2.24) is 19.5 Å². The summed E-state index contributed by atoms with van der Waals surface area (Å²) in [6, 6.07) is 6.02. The van der Waals surface area contributed by atoms with E-state index < -0.39 is 11.9 Å². The minimum absolute atomic E-state index is 0.122. The van der Waals surface area contributed by atoms with E-state index in [0.29, 0.717) is 17.6 Å². The predicted octanol–water partition coefficient (Wildman–Crippen LogP) is 3.59. The highest BCUT2D eigenvalue weighted by Crippen LogP contribution is 2.32. The van der Waals surface area contributed by atoms with Crippen molar-refractivity contribution in [3.05, 3.63) is 42.0 Å². The molecule has 0 saturated heterocycles. The standard InChI is InChI=1S/C22H26N4O4/c1-13(2)26-12-25-20-19(23-11-24-21(20)26)15-7-6-14(3)17(10-15)16(22(28)30-5)8-9-18(27)29-4/h6-7,10-13,16H,8-9H2,1-5H3. The van der Waals surface area contributed by atoms with Gasteiger partial charge in [0.1, 0.15) is 17.5 Å². The van der Waals surface area contributed by atoms with Crippen LogP contribution in [0.3, 0.4) is 0 Å². The molecule has 3 aromatic rings. The molecule has 3 rings (SSSR count). The summed E-state index contributed by atoms with van der Waals surface area (Å²) < 4.78 is 11.7. The van der Waals surface area contributed by atoms with Gasteiger partial charge in [0.25, 0.3) is 0 Å². The first-order chi connectivity index (χ1) is 14.4. The van der Waals surface area contributed by atoms with Crippen molar-refractivity contribution in [3.63, 3.8) is 0 Å². The van der Waals surface area contributed by atoms with Gasteiger partial charge in [-0.3, -0.25) is 9.59 Å². The fourth-order valence-electron chi connectivity index (χ4n) is 3.51. The number of aryl methyl sites for hydroxylation is 1. The summed E-state index contributed by atoms with van der Waals surface area (Å²) in [4.78, 5) is 37.5. The first kappa shape index (κ1) is 21.4. The first-order valence-corrected chi connectivity index (χ1v) is 9.80. The van der Waals surface area contributed by atoms with Gasteiger partial charge in [0.15, 0.2) is 5.65 Å². The Kier molecular flexibility index (Phi) is 6.44. The van der Waals surface area contributed by atoms with Gasteiger partial charge in [0.05, 0.1) is 26.5 Å². The predicted molar refractivity (Wildman–Crippen MR) is 112 cm³/mol. The zero-order valence-electron chi connectivity index (χ0n) is 17.9. The fourth-order valence-corrected chi connectivity index (χ4v) is 3.51. The molecule has 0 saturated carbocycles. The maximum atomic E-state index is 12.5. The summed E-state index contributed by atoms with van der Waals surface area (Å²) >= 11 is 0. The maximum Gasteiger partial charge on any atom is 0.313 e. The molecule has 0 bridgehead atoms. The summed E-state index contributed by atoms with van der Waals surface area (Å²) in [5, 5.41) is 0. The van der Waals surface area contributed by atoms with Gasteiger partial charge >= 0.3 is 11.9 Å². The molecule has 0 spiro atoms. The smallest absolute Gasteiger partial charge is 0.313 e. The lowest BCUT2D eigenvalue weighted by atomic mass is 9.89. The number of aromatic nitrogens is 4. The number of hydrogen-bond acceptors (Lipinski definition) is 7. The van der Waals surface area contributed by atoms with E-state index in [1.165, 1.54) is 20.5 Å². The van der Waals surface area contributed by atoms with Crippen LogP contribution in [0.4, 0.5) is 0 Å². The summed E-state index contributed by atoms with van der Waals surface area (Å²) in [7, 11) is 2.68. The molecule has 0 N–H and O–H groups in total. The lowest BCUT2D eigenvalue weighted by Gasteiger charge is -2.18. The molecule has 0 fully saturated rings. The van der Waals surface area contributed by atoms with E-state index in [1.807, 2.05) is 29.7 Å². The third-order valence-electron chi connectivity index (χ3n) is 5.19. The molecule has 30 heavy (non-hydrogen) atoms. The molecule has 1 unspecified atom stereocenters. The Labute approximate surface area is 175 Å². The summed E-state index contributed by atoms with van der Waals surface area (Å²) in [6.45, 7) is 6.06. The number of carbonyl (C=O) groups is 2. The van der Waals surface area contributed by atoms with Crippen molar-refractivity contribution >= 4 is 23.1 Å². The minimum atomic E-state index is -0.584. The molecular formula is C22H26N4O4. The van der Waals surface area contributed by atoms with Crippen molar-refractivity contribution in [3.8, 4) is 11.3 Å². The average Bonchev–Trinajstić information content (AvgIpc) is 3.19. The van der Waals surface area contributed by atoms with Gasteiger partial charge in [-0.2, -0.15) is 0 Å². The Balaban J connectivity index is 2.07. The average molecular weight is 410 g/mol. The molecule has 0 aliphatic heterocycles. The van der Waals surface area contributed by atoms with E-state index in [-0.39, 0.29) is 18.4 Å². The number of imidazole rings is 1. The summed E-state index contributed by atoms with van der Waals surface area (Å²) in [5.41, 5.74) is 4.69. The number of benzene rings is 1. The molecular weight excluding hydrogens is 384 g/mol. The third kappa shape index (κ3) is 4.17. The van der Waals surface area contributed by atoms with E-state index in [0.717, 1.165) is 22.3 Å². The largest absolute Gasteiger partial charge is 0.469 e. The highest BCUT2D eigenvalue weighted by molar-refractivity contribution is 5.88. The van der Waals surface area contributed by atoms with Crippen molar-refractivity contribution < 1.29 is 19.1 Å². The summed E-state index contributed by atoms with van der Waals surface area (Å²) in [5.74, 6) is -1.34.